The van der Waals surface area contributed by atoms with Crippen LogP contribution in [0.5, 0.6) is 0 Å². The number of rotatable bonds is 5. The van der Waals surface area contributed by atoms with Crippen LogP contribution in [0.15, 0.2) is 33.0 Å². The molecule has 0 amide bonds. The van der Waals surface area contributed by atoms with Crippen molar-refractivity contribution in [2.24, 2.45) is 0 Å². The van der Waals surface area contributed by atoms with Crippen molar-refractivity contribution in [2.75, 3.05) is 0 Å². The molecular formula is C15H16N2O3S3. The second-order valence-corrected chi connectivity index (χ2v) is 9.32. The molecule has 0 unspecified atom stereocenters. The van der Waals surface area contributed by atoms with Crippen LogP contribution in [-0.4, -0.2) is 13.6 Å². The van der Waals surface area contributed by atoms with Crippen molar-refractivity contribution in [2.45, 2.75) is 32.2 Å². The van der Waals surface area contributed by atoms with Crippen molar-refractivity contribution in [3.05, 3.63) is 43.9 Å². The van der Waals surface area contributed by atoms with Gasteiger partial charge in [0, 0.05) is 27.2 Å². The molecule has 0 aliphatic heterocycles. The number of nitrogens with zero attached hydrogens (tertiary/aromatic N) is 1. The third-order valence-electron chi connectivity index (χ3n) is 3.36. The van der Waals surface area contributed by atoms with E-state index >= 15 is 0 Å². The highest BCUT2D eigenvalue weighted by atomic mass is 32.2. The lowest BCUT2D eigenvalue weighted by molar-refractivity contribution is 0.426. The Hall–Kier alpha value is -1.48. The van der Waals surface area contributed by atoms with Gasteiger partial charge in [-0.05, 0) is 32.2 Å². The Morgan fingerprint density at radius 1 is 1.26 bits per heavy atom. The van der Waals surface area contributed by atoms with E-state index in [2.05, 4.69) is 9.88 Å². The summed E-state index contributed by atoms with van der Waals surface area (Å²) in [6.45, 7) is 5.79. The number of hydrogen-bond donors (Lipinski definition) is 1. The van der Waals surface area contributed by atoms with E-state index in [4.69, 9.17) is 4.52 Å². The summed E-state index contributed by atoms with van der Waals surface area (Å²) in [7, 11) is -3.64. The van der Waals surface area contributed by atoms with Crippen LogP contribution in [0.4, 0.5) is 0 Å². The van der Waals surface area contributed by atoms with Crippen LogP contribution in [0, 0.1) is 20.8 Å². The number of aromatic nitrogens is 1. The summed E-state index contributed by atoms with van der Waals surface area (Å²) in [5, 5.41) is 5.79. The summed E-state index contributed by atoms with van der Waals surface area (Å²) in [4.78, 5) is 2.89. The summed E-state index contributed by atoms with van der Waals surface area (Å²) >= 11 is 2.97. The van der Waals surface area contributed by atoms with Crippen LogP contribution in [0.1, 0.15) is 20.3 Å². The van der Waals surface area contributed by atoms with E-state index in [1.165, 1.54) is 22.7 Å². The minimum atomic E-state index is -3.64. The summed E-state index contributed by atoms with van der Waals surface area (Å²) < 4.78 is 33.6. The first kappa shape index (κ1) is 16.4. The van der Waals surface area contributed by atoms with Gasteiger partial charge in [-0.1, -0.05) is 11.2 Å². The highest BCUT2D eigenvalue weighted by molar-refractivity contribution is 7.89. The molecule has 5 nitrogen and oxygen atoms in total. The molecule has 0 fully saturated rings. The second-order valence-electron chi connectivity index (χ2n) is 5.16. The molecule has 23 heavy (non-hydrogen) atoms. The lowest BCUT2D eigenvalue weighted by Crippen LogP contribution is -2.23. The van der Waals surface area contributed by atoms with Gasteiger partial charge in [-0.25, -0.2) is 13.1 Å². The highest BCUT2D eigenvalue weighted by Gasteiger charge is 2.28. The molecule has 0 bridgehead atoms. The van der Waals surface area contributed by atoms with Gasteiger partial charge in [0.05, 0.1) is 11.3 Å². The Labute approximate surface area is 143 Å². The summed E-state index contributed by atoms with van der Waals surface area (Å²) in [6, 6.07) is 5.56. The van der Waals surface area contributed by atoms with E-state index in [0.717, 1.165) is 20.3 Å². The summed E-state index contributed by atoms with van der Waals surface area (Å²) in [5.74, 6) is 0.487. The molecule has 0 saturated heterocycles. The zero-order chi connectivity index (χ0) is 16.6. The molecule has 8 heteroatoms. The van der Waals surface area contributed by atoms with Gasteiger partial charge >= 0.3 is 0 Å². The summed E-state index contributed by atoms with van der Waals surface area (Å²) in [6.07, 6.45) is 0. The molecular weight excluding hydrogens is 352 g/mol. The maximum atomic E-state index is 12.8. The maximum Gasteiger partial charge on any atom is 0.242 e. The first-order chi connectivity index (χ1) is 10.9. The molecule has 0 radical (unpaired) electrons. The monoisotopic (exact) mass is 368 g/mol. The van der Waals surface area contributed by atoms with Gasteiger partial charge in [-0.15, -0.1) is 22.7 Å². The molecule has 122 valence electrons. The van der Waals surface area contributed by atoms with Crippen LogP contribution in [0.25, 0.3) is 11.3 Å². The van der Waals surface area contributed by atoms with Crippen LogP contribution < -0.4 is 4.72 Å². The van der Waals surface area contributed by atoms with Gasteiger partial charge < -0.3 is 4.52 Å². The third-order valence-corrected chi connectivity index (χ3v) is 6.96. The van der Waals surface area contributed by atoms with E-state index in [0.29, 0.717) is 11.3 Å². The minimum Gasteiger partial charge on any atom is -0.356 e. The molecule has 0 aromatic carbocycles. The van der Waals surface area contributed by atoms with Crippen molar-refractivity contribution in [3.63, 3.8) is 0 Å². The molecule has 0 atom stereocenters. The number of thiophene rings is 2. The lowest BCUT2D eigenvalue weighted by Gasteiger charge is -2.07. The Balaban J connectivity index is 2.01. The van der Waals surface area contributed by atoms with E-state index < -0.39 is 10.0 Å². The molecule has 3 rings (SSSR count). The predicted octanol–water partition coefficient (Wildman–Crippen LogP) is 3.87. The van der Waals surface area contributed by atoms with Crippen LogP contribution in [0.2, 0.25) is 0 Å². The summed E-state index contributed by atoms with van der Waals surface area (Å²) in [5.41, 5.74) is 1.32. The molecule has 0 aliphatic rings. The maximum absolute atomic E-state index is 12.8. The average Bonchev–Trinajstić information content (AvgIpc) is 3.17. The van der Waals surface area contributed by atoms with E-state index in [-0.39, 0.29) is 11.4 Å². The zero-order valence-corrected chi connectivity index (χ0v) is 15.4. The fourth-order valence-corrected chi connectivity index (χ4v) is 6.01. The third kappa shape index (κ3) is 3.25. The SMILES string of the molecule is Cc1cc(-c2c(C)sc(C)c2S(=O)(=O)NCc2cccs2)on1. The van der Waals surface area contributed by atoms with Gasteiger partial charge in [-0.2, -0.15) is 0 Å². The van der Waals surface area contributed by atoms with Gasteiger partial charge in [0.15, 0.2) is 5.76 Å². The fraction of sp³-hybridized carbons (Fsp3) is 0.267. The van der Waals surface area contributed by atoms with E-state index in [9.17, 15) is 8.42 Å². The van der Waals surface area contributed by atoms with Gasteiger partial charge in [0.1, 0.15) is 4.90 Å². The average molecular weight is 369 g/mol. The Morgan fingerprint density at radius 3 is 2.65 bits per heavy atom. The number of aryl methyl sites for hydroxylation is 3. The molecule has 3 aromatic heterocycles. The molecule has 3 heterocycles. The first-order valence-electron chi connectivity index (χ1n) is 6.94. The van der Waals surface area contributed by atoms with E-state index in [1.807, 2.05) is 38.3 Å². The minimum absolute atomic E-state index is 0.281. The van der Waals surface area contributed by atoms with Gasteiger partial charge in [0.25, 0.3) is 0 Å². The fourth-order valence-electron chi connectivity index (χ4n) is 2.40. The standard InChI is InChI=1S/C15H16N2O3S3/c1-9-7-13(20-17-9)14-10(2)22-11(3)15(14)23(18,19)16-8-12-5-4-6-21-12/h4-7,16H,8H2,1-3H3. The Kier molecular flexibility index (Phi) is 4.41. The molecule has 0 spiro atoms. The zero-order valence-electron chi connectivity index (χ0n) is 12.9. The van der Waals surface area contributed by atoms with Crippen molar-refractivity contribution >= 4 is 32.7 Å². The molecule has 0 saturated carbocycles. The van der Waals surface area contributed by atoms with Crippen molar-refractivity contribution in [1.82, 2.24) is 9.88 Å². The number of hydrogen-bond acceptors (Lipinski definition) is 6. The lowest BCUT2D eigenvalue weighted by atomic mass is 10.2. The normalized spacial score (nSPS) is 12.0. The molecule has 0 aliphatic carbocycles. The second kappa shape index (κ2) is 6.20. The van der Waals surface area contributed by atoms with Crippen molar-refractivity contribution < 1.29 is 12.9 Å². The first-order valence-corrected chi connectivity index (χ1v) is 10.1. The largest absolute Gasteiger partial charge is 0.356 e. The van der Waals surface area contributed by atoms with Gasteiger partial charge in [-0.3, -0.25) is 0 Å². The van der Waals surface area contributed by atoms with Crippen molar-refractivity contribution in [3.8, 4) is 11.3 Å². The van der Waals surface area contributed by atoms with Crippen LogP contribution >= 0.6 is 22.7 Å². The Bertz CT molecular complexity index is 921. The smallest absolute Gasteiger partial charge is 0.242 e. The van der Waals surface area contributed by atoms with Crippen molar-refractivity contribution in [1.29, 1.82) is 0 Å². The Morgan fingerprint density at radius 2 is 2.04 bits per heavy atom. The van der Waals surface area contributed by atoms with Crippen LogP contribution in [0.3, 0.4) is 0 Å². The molecule has 3 aromatic rings. The highest BCUT2D eigenvalue weighted by Crippen LogP contribution is 2.39. The topological polar surface area (TPSA) is 72.2 Å². The van der Waals surface area contributed by atoms with Gasteiger partial charge in [0.2, 0.25) is 10.0 Å². The number of nitrogens with one attached hydrogen (secondary N) is 1. The number of sulfonamides is 1. The predicted molar refractivity (Wildman–Crippen MR) is 92.4 cm³/mol. The quantitative estimate of drug-likeness (QED) is 0.742. The molecule has 1 N–H and O–H groups in total. The van der Waals surface area contributed by atoms with E-state index in [1.54, 1.807) is 6.07 Å². The van der Waals surface area contributed by atoms with Crippen LogP contribution in [-0.2, 0) is 16.6 Å².